The van der Waals surface area contributed by atoms with Crippen LogP contribution in [0.1, 0.15) is 16.1 Å². The number of ether oxygens (including phenoxy) is 2. The van der Waals surface area contributed by atoms with Crippen molar-refractivity contribution >= 4 is 16.8 Å². The topological polar surface area (TPSA) is 83.6 Å². The van der Waals surface area contributed by atoms with Crippen molar-refractivity contribution in [1.29, 1.82) is 0 Å². The number of aliphatic hydroxyl groups excluding tert-OH is 1. The van der Waals surface area contributed by atoms with Crippen molar-refractivity contribution in [2.45, 2.75) is 31.3 Å². The van der Waals surface area contributed by atoms with Gasteiger partial charge < -0.3 is 24.9 Å². The molecule has 6 nitrogen and oxygen atoms in total. The van der Waals surface area contributed by atoms with Gasteiger partial charge >= 0.3 is 0 Å². The number of amides is 1. The maximum absolute atomic E-state index is 12.4. The highest BCUT2D eigenvalue weighted by Gasteiger charge is 2.47. The zero-order valence-electron chi connectivity index (χ0n) is 12.2. The number of fused-ring (bicyclic) bond motifs is 2. The summed E-state index contributed by atoms with van der Waals surface area (Å²) < 4.78 is 11.0. The second kappa shape index (κ2) is 5.08. The third-order valence-corrected chi connectivity index (χ3v) is 4.36. The monoisotopic (exact) mass is 302 g/mol. The highest BCUT2D eigenvalue weighted by Crippen LogP contribution is 2.27. The Morgan fingerprint density at radius 1 is 1.27 bits per heavy atom. The predicted molar refractivity (Wildman–Crippen MR) is 79.8 cm³/mol. The minimum atomic E-state index is -0.608. The number of benzene rings is 1. The van der Waals surface area contributed by atoms with Crippen LogP contribution in [0.25, 0.3) is 10.9 Å². The molecular formula is C16H18N2O4. The summed E-state index contributed by atoms with van der Waals surface area (Å²) in [6.45, 7) is 2.63. The fraction of sp³-hybridized carbons (Fsp3) is 0.438. The molecule has 2 aliphatic rings. The van der Waals surface area contributed by atoms with E-state index in [1.807, 2.05) is 31.2 Å². The Balaban J connectivity index is 1.51. The quantitative estimate of drug-likeness (QED) is 0.764. The zero-order valence-corrected chi connectivity index (χ0v) is 12.2. The van der Waals surface area contributed by atoms with Crippen molar-refractivity contribution in [2.75, 3.05) is 13.2 Å². The van der Waals surface area contributed by atoms with E-state index in [9.17, 15) is 9.90 Å². The molecule has 0 bridgehead atoms. The molecule has 0 spiro atoms. The zero-order chi connectivity index (χ0) is 15.3. The summed E-state index contributed by atoms with van der Waals surface area (Å²) in [5, 5.41) is 13.7. The molecule has 2 saturated heterocycles. The van der Waals surface area contributed by atoms with Crippen LogP contribution in [0.5, 0.6) is 0 Å². The Hall–Kier alpha value is -1.89. The number of hydrogen-bond acceptors (Lipinski definition) is 4. The molecular weight excluding hydrogens is 284 g/mol. The molecule has 22 heavy (non-hydrogen) atoms. The van der Waals surface area contributed by atoms with E-state index in [2.05, 4.69) is 10.3 Å². The van der Waals surface area contributed by atoms with Crippen LogP contribution in [0.3, 0.4) is 0 Å². The van der Waals surface area contributed by atoms with Gasteiger partial charge in [-0.2, -0.15) is 0 Å². The van der Waals surface area contributed by atoms with Crippen LogP contribution >= 0.6 is 0 Å². The highest BCUT2D eigenvalue weighted by atomic mass is 16.6. The summed E-state index contributed by atoms with van der Waals surface area (Å²) in [6, 6.07) is 7.61. The van der Waals surface area contributed by atoms with Crippen LogP contribution in [0, 0.1) is 6.92 Å². The number of aliphatic hydroxyl groups is 1. The van der Waals surface area contributed by atoms with Crippen LogP contribution in [0.15, 0.2) is 24.3 Å². The molecule has 3 N–H and O–H groups in total. The van der Waals surface area contributed by atoms with Crippen LogP contribution in [0.4, 0.5) is 0 Å². The number of rotatable bonds is 2. The highest BCUT2D eigenvalue weighted by molar-refractivity contribution is 5.98. The molecule has 2 fully saturated rings. The minimum Gasteiger partial charge on any atom is -0.388 e. The molecule has 3 heterocycles. The van der Waals surface area contributed by atoms with Gasteiger partial charge in [0.05, 0.1) is 19.3 Å². The Morgan fingerprint density at radius 2 is 2.09 bits per heavy atom. The fourth-order valence-corrected chi connectivity index (χ4v) is 3.22. The lowest BCUT2D eigenvalue weighted by molar-refractivity contribution is 0.0178. The van der Waals surface area contributed by atoms with Gasteiger partial charge in [-0.1, -0.05) is 11.6 Å². The second-order valence-electron chi connectivity index (χ2n) is 6.02. The smallest absolute Gasteiger partial charge is 0.268 e. The number of hydrogen-bond donors (Lipinski definition) is 3. The van der Waals surface area contributed by atoms with E-state index < -0.39 is 6.10 Å². The molecule has 4 atom stereocenters. The molecule has 0 unspecified atom stereocenters. The molecule has 4 rings (SSSR count). The first-order valence-corrected chi connectivity index (χ1v) is 7.43. The number of H-pyrrole nitrogens is 1. The molecule has 1 amide bonds. The summed E-state index contributed by atoms with van der Waals surface area (Å²) in [4.78, 5) is 15.5. The molecule has 116 valence electrons. The third kappa shape index (κ3) is 2.20. The SMILES string of the molecule is Cc1ccc2[nH]c(C(=O)N[C@@H]3CO[C@H]4[C@@H]3OC[C@H]4O)cc2c1. The Bertz CT molecular complexity index is 726. The van der Waals surface area contributed by atoms with E-state index in [1.165, 1.54) is 0 Å². The van der Waals surface area contributed by atoms with Crippen LogP contribution in [-0.2, 0) is 9.47 Å². The molecule has 1 aromatic heterocycles. The van der Waals surface area contributed by atoms with Crippen molar-refractivity contribution in [3.63, 3.8) is 0 Å². The van der Waals surface area contributed by atoms with Crippen LogP contribution in [-0.4, -0.2) is 53.6 Å². The lowest BCUT2D eigenvalue weighted by atomic mass is 10.1. The maximum Gasteiger partial charge on any atom is 0.268 e. The number of aryl methyl sites for hydroxylation is 1. The number of nitrogens with one attached hydrogen (secondary N) is 2. The van der Waals surface area contributed by atoms with Gasteiger partial charge in [-0.25, -0.2) is 0 Å². The normalized spacial score (nSPS) is 30.6. The molecule has 0 aliphatic carbocycles. The van der Waals surface area contributed by atoms with Gasteiger partial charge in [-0.15, -0.1) is 0 Å². The van der Waals surface area contributed by atoms with E-state index in [0.717, 1.165) is 16.5 Å². The summed E-state index contributed by atoms with van der Waals surface area (Å²) in [7, 11) is 0. The lowest BCUT2D eigenvalue weighted by Gasteiger charge is -2.16. The van der Waals surface area contributed by atoms with Gasteiger partial charge in [0.2, 0.25) is 0 Å². The largest absolute Gasteiger partial charge is 0.388 e. The standard InChI is InChI=1S/C16H18N2O4/c1-8-2-3-10-9(4-8)5-11(17-10)16(20)18-12-6-21-15-13(19)7-22-14(12)15/h2-5,12-15,17,19H,6-7H2,1H3,(H,18,20)/t12-,13-,14-,15-/m1/s1. The van der Waals surface area contributed by atoms with Gasteiger partial charge in [0, 0.05) is 10.9 Å². The molecule has 0 radical (unpaired) electrons. The van der Waals surface area contributed by atoms with Crippen LogP contribution in [0.2, 0.25) is 0 Å². The van der Waals surface area contributed by atoms with Crippen molar-refractivity contribution in [3.05, 3.63) is 35.5 Å². The van der Waals surface area contributed by atoms with Gasteiger partial charge in [0.25, 0.3) is 5.91 Å². The Labute approximate surface area is 127 Å². The molecule has 1 aromatic carbocycles. The summed E-state index contributed by atoms with van der Waals surface area (Å²) >= 11 is 0. The lowest BCUT2D eigenvalue weighted by Crippen LogP contribution is -2.44. The number of aromatic amines is 1. The van der Waals surface area contributed by atoms with E-state index in [0.29, 0.717) is 12.3 Å². The first-order chi connectivity index (χ1) is 10.6. The van der Waals surface area contributed by atoms with Crippen molar-refractivity contribution in [2.24, 2.45) is 0 Å². The van der Waals surface area contributed by atoms with Crippen molar-refractivity contribution < 1.29 is 19.4 Å². The number of aromatic nitrogens is 1. The number of carbonyl (C=O) groups excluding carboxylic acids is 1. The van der Waals surface area contributed by atoms with Crippen molar-refractivity contribution in [1.82, 2.24) is 10.3 Å². The Kier molecular flexibility index (Phi) is 3.18. The van der Waals surface area contributed by atoms with Gasteiger partial charge in [-0.3, -0.25) is 4.79 Å². The molecule has 2 aliphatic heterocycles. The Morgan fingerprint density at radius 3 is 2.95 bits per heavy atom. The van der Waals surface area contributed by atoms with E-state index in [-0.39, 0.29) is 30.8 Å². The first-order valence-electron chi connectivity index (χ1n) is 7.43. The second-order valence-corrected chi connectivity index (χ2v) is 6.02. The summed E-state index contributed by atoms with van der Waals surface area (Å²) in [6.07, 6.45) is -1.22. The van der Waals surface area contributed by atoms with Gasteiger partial charge in [0.1, 0.15) is 24.0 Å². The number of carbonyl (C=O) groups is 1. The third-order valence-electron chi connectivity index (χ3n) is 4.36. The maximum atomic E-state index is 12.4. The molecule has 2 aromatic rings. The molecule has 6 heteroatoms. The molecule has 0 saturated carbocycles. The predicted octanol–water partition coefficient (Wildman–Crippen LogP) is 0.733. The first kappa shape index (κ1) is 13.8. The summed E-state index contributed by atoms with van der Waals surface area (Å²) in [5.74, 6) is -0.187. The van der Waals surface area contributed by atoms with Crippen molar-refractivity contribution in [3.8, 4) is 0 Å². The average Bonchev–Trinajstić information content (AvgIpc) is 3.16. The summed E-state index contributed by atoms with van der Waals surface area (Å²) in [5.41, 5.74) is 2.60. The van der Waals surface area contributed by atoms with E-state index in [1.54, 1.807) is 0 Å². The fourth-order valence-electron chi connectivity index (χ4n) is 3.22. The van der Waals surface area contributed by atoms with E-state index >= 15 is 0 Å². The minimum absolute atomic E-state index is 0.187. The van der Waals surface area contributed by atoms with E-state index in [4.69, 9.17) is 9.47 Å². The van der Waals surface area contributed by atoms with Gasteiger partial charge in [-0.05, 0) is 25.1 Å². The van der Waals surface area contributed by atoms with Gasteiger partial charge in [0.15, 0.2) is 0 Å². The average molecular weight is 302 g/mol. The van der Waals surface area contributed by atoms with Crippen LogP contribution < -0.4 is 5.32 Å².